The third kappa shape index (κ3) is 3.69. The van der Waals surface area contributed by atoms with Crippen LogP contribution in [0, 0.1) is 13.8 Å². The zero-order chi connectivity index (χ0) is 14.4. The molecule has 0 aromatic heterocycles. The van der Waals surface area contributed by atoms with Crippen molar-refractivity contribution in [2.75, 3.05) is 13.7 Å². The summed E-state index contributed by atoms with van der Waals surface area (Å²) in [4.78, 5) is 0. The van der Waals surface area contributed by atoms with E-state index < -0.39 is 0 Å². The summed E-state index contributed by atoms with van der Waals surface area (Å²) >= 11 is 0. The van der Waals surface area contributed by atoms with Crippen LogP contribution in [-0.4, -0.2) is 19.8 Å². The summed E-state index contributed by atoms with van der Waals surface area (Å²) in [5.41, 5.74) is 6.32. The lowest BCUT2D eigenvalue weighted by Crippen LogP contribution is -2.38. The average Bonchev–Trinajstić information content (AvgIpc) is 2.41. The van der Waals surface area contributed by atoms with E-state index in [4.69, 9.17) is 15.3 Å². The summed E-state index contributed by atoms with van der Waals surface area (Å²) in [5.74, 6) is 6.64. The van der Waals surface area contributed by atoms with E-state index in [9.17, 15) is 0 Å². The molecule has 0 bridgehead atoms. The van der Waals surface area contributed by atoms with Crippen LogP contribution >= 0.6 is 0 Å². The van der Waals surface area contributed by atoms with Gasteiger partial charge in [-0.3, -0.25) is 11.3 Å². The van der Waals surface area contributed by atoms with Crippen molar-refractivity contribution in [2.45, 2.75) is 46.3 Å². The van der Waals surface area contributed by atoms with Crippen LogP contribution in [0.15, 0.2) is 12.1 Å². The van der Waals surface area contributed by atoms with Crippen LogP contribution in [0.1, 0.15) is 43.0 Å². The first-order valence-corrected chi connectivity index (χ1v) is 6.81. The van der Waals surface area contributed by atoms with Gasteiger partial charge in [0.15, 0.2) is 0 Å². The van der Waals surface area contributed by atoms with Crippen LogP contribution in [0.25, 0.3) is 0 Å². The van der Waals surface area contributed by atoms with Crippen molar-refractivity contribution in [1.29, 1.82) is 0 Å². The summed E-state index contributed by atoms with van der Waals surface area (Å²) in [6, 6.07) is 4.17. The minimum Gasteiger partial charge on any atom is -0.496 e. The van der Waals surface area contributed by atoms with Crippen molar-refractivity contribution < 1.29 is 9.47 Å². The number of hydrogen-bond acceptors (Lipinski definition) is 4. The van der Waals surface area contributed by atoms with E-state index in [1.807, 2.05) is 19.9 Å². The molecular formula is C15H26N2O2. The molecule has 0 saturated carbocycles. The summed E-state index contributed by atoms with van der Waals surface area (Å²) in [5, 5.41) is 0. The number of ether oxygens (including phenoxy) is 2. The second kappa shape index (κ2) is 7.48. The second-order valence-corrected chi connectivity index (χ2v) is 4.72. The lowest BCUT2D eigenvalue weighted by Gasteiger charge is -2.27. The molecule has 0 aliphatic carbocycles. The highest BCUT2D eigenvalue weighted by atomic mass is 16.5. The Balaban J connectivity index is 3.13. The van der Waals surface area contributed by atoms with Gasteiger partial charge in [-0.2, -0.15) is 0 Å². The number of nitrogens with two attached hydrogens (primary N) is 1. The molecule has 0 fully saturated rings. The van der Waals surface area contributed by atoms with E-state index in [0.717, 1.165) is 23.3 Å². The van der Waals surface area contributed by atoms with Gasteiger partial charge in [0.05, 0.1) is 19.3 Å². The molecule has 108 valence electrons. The number of nitrogens with one attached hydrogen (secondary N) is 1. The molecule has 0 aliphatic rings. The van der Waals surface area contributed by atoms with Gasteiger partial charge in [0.1, 0.15) is 5.75 Å². The predicted octanol–water partition coefficient (Wildman–Crippen LogP) is 2.63. The first-order chi connectivity index (χ1) is 9.08. The highest BCUT2D eigenvalue weighted by Crippen LogP contribution is 2.29. The predicted molar refractivity (Wildman–Crippen MR) is 78.2 cm³/mol. The summed E-state index contributed by atoms with van der Waals surface area (Å²) in [7, 11) is 1.69. The average molecular weight is 266 g/mol. The molecule has 0 radical (unpaired) electrons. The Morgan fingerprint density at radius 1 is 1.21 bits per heavy atom. The third-order valence-electron chi connectivity index (χ3n) is 3.45. The highest BCUT2D eigenvalue weighted by molar-refractivity contribution is 5.43. The molecule has 1 aromatic rings. The van der Waals surface area contributed by atoms with Crippen molar-refractivity contribution in [2.24, 2.45) is 5.84 Å². The molecule has 0 spiro atoms. The minimum atomic E-state index is -0.00504. The first-order valence-electron chi connectivity index (χ1n) is 6.81. The molecule has 19 heavy (non-hydrogen) atoms. The number of aryl methyl sites for hydroxylation is 2. The number of hydrazine groups is 1. The quantitative estimate of drug-likeness (QED) is 0.588. The van der Waals surface area contributed by atoms with Crippen LogP contribution in [0.4, 0.5) is 0 Å². The molecule has 4 heteroatoms. The van der Waals surface area contributed by atoms with Gasteiger partial charge in [0.2, 0.25) is 0 Å². The van der Waals surface area contributed by atoms with Crippen LogP contribution in [0.5, 0.6) is 5.75 Å². The monoisotopic (exact) mass is 266 g/mol. The van der Waals surface area contributed by atoms with E-state index >= 15 is 0 Å². The molecule has 0 saturated heterocycles. The van der Waals surface area contributed by atoms with Crippen LogP contribution in [-0.2, 0) is 4.74 Å². The number of methoxy groups -OCH3 is 1. The SMILES string of the molecule is CCOC(CC)C(NN)c1cc(C)c(OC)cc1C. The molecular weight excluding hydrogens is 240 g/mol. The zero-order valence-electron chi connectivity index (χ0n) is 12.6. The standard InChI is InChI=1S/C15H26N2O2/c1-6-13(19-7-2)15(17-16)12-8-11(4)14(18-5)9-10(12)3/h8-9,13,15,17H,6-7,16H2,1-5H3. The fraction of sp³-hybridized carbons (Fsp3) is 0.600. The van der Waals surface area contributed by atoms with E-state index in [0.29, 0.717) is 6.61 Å². The Morgan fingerprint density at radius 2 is 1.89 bits per heavy atom. The smallest absolute Gasteiger partial charge is 0.122 e. The lowest BCUT2D eigenvalue weighted by atomic mass is 9.94. The molecule has 0 heterocycles. The Morgan fingerprint density at radius 3 is 2.37 bits per heavy atom. The molecule has 0 aliphatic heterocycles. The van der Waals surface area contributed by atoms with Gasteiger partial charge in [-0.15, -0.1) is 0 Å². The fourth-order valence-corrected chi connectivity index (χ4v) is 2.43. The Bertz CT molecular complexity index is 407. The lowest BCUT2D eigenvalue weighted by molar-refractivity contribution is 0.0312. The van der Waals surface area contributed by atoms with Crippen molar-refractivity contribution >= 4 is 0 Å². The minimum absolute atomic E-state index is 0.00504. The summed E-state index contributed by atoms with van der Waals surface area (Å²) < 4.78 is 11.1. The van der Waals surface area contributed by atoms with Gasteiger partial charge in [-0.05, 0) is 49.9 Å². The molecule has 3 N–H and O–H groups in total. The van der Waals surface area contributed by atoms with E-state index in [1.54, 1.807) is 7.11 Å². The van der Waals surface area contributed by atoms with Gasteiger partial charge in [0.25, 0.3) is 0 Å². The largest absolute Gasteiger partial charge is 0.496 e. The van der Waals surface area contributed by atoms with Crippen LogP contribution in [0.3, 0.4) is 0 Å². The van der Waals surface area contributed by atoms with Gasteiger partial charge in [-0.1, -0.05) is 13.0 Å². The van der Waals surface area contributed by atoms with Crippen LogP contribution in [0.2, 0.25) is 0 Å². The Labute approximate surface area is 116 Å². The number of hydrogen-bond donors (Lipinski definition) is 2. The fourth-order valence-electron chi connectivity index (χ4n) is 2.43. The second-order valence-electron chi connectivity index (χ2n) is 4.72. The number of benzene rings is 1. The molecule has 0 amide bonds. The van der Waals surface area contributed by atoms with Gasteiger partial charge in [-0.25, -0.2) is 0 Å². The third-order valence-corrected chi connectivity index (χ3v) is 3.45. The summed E-state index contributed by atoms with van der Waals surface area (Å²) in [6.07, 6.45) is 0.981. The van der Waals surface area contributed by atoms with Crippen molar-refractivity contribution in [3.8, 4) is 5.75 Å². The maximum absolute atomic E-state index is 5.78. The highest BCUT2D eigenvalue weighted by Gasteiger charge is 2.23. The van der Waals surface area contributed by atoms with Gasteiger partial charge >= 0.3 is 0 Å². The first kappa shape index (κ1) is 16.0. The molecule has 2 atom stereocenters. The maximum Gasteiger partial charge on any atom is 0.122 e. The zero-order valence-corrected chi connectivity index (χ0v) is 12.6. The van der Waals surface area contributed by atoms with Crippen molar-refractivity contribution in [3.63, 3.8) is 0 Å². The molecule has 2 unspecified atom stereocenters. The maximum atomic E-state index is 5.78. The summed E-state index contributed by atoms with van der Waals surface area (Å²) in [6.45, 7) is 8.90. The number of rotatable bonds is 7. The van der Waals surface area contributed by atoms with Crippen LogP contribution < -0.4 is 16.0 Å². The Hall–Kier alpha value is -1.10. The topological polar surface area (TPSA) is 56.5 Å². The van der Waals surface area contributed by atoms with Gasteiger partial charge in [0, 0.05) is 6.61 Å². The molecule has 4 nitrogen and oxygen atoms in total. The Kier molecular flexibility index (Phi) is 6.28. The molecule has 1 rings (SSSR count). The molecule has 1 aromatic carbocycles. The van der Waals surface area contributed by atoms with E-state index in [1.165, 1.54) is 5.56 Å². The van der Waals surface area contributed by atoms with Gasteiger partial charge < -0.3 is 9.47 Å². The van der Waals surface area contributed by atoms with Crippen molar-refractivity contribution in [3.05, 3.63) is 28.8 Å². The van der Waals surface area contributed by atoms with E-state index in [2.05, 4.69) is 25.3 Å². The normalized spacial score (nSPS) is 14.2. The van der Waals surface area contributed by atoms with E-state index in [-0.39, 0.29) is 12.1 Å². The van der Waals surface area contributed by atoms with Crippen molar-refractivity contribution in [1.82, 2.24) is 5.43 Å².